The van der Waals surface area contributed by atoms with Crippen molar-refractivity contribution >= 4 is 0 Å². The average molecular weight is 224 g/mol. The van der Waals surface area contributed by atoms with E-state index in [1.165, 1.54) is 6.42 Å². The molecule has 0 bridgehead atoms. The van der Waals surface area contributed by atoms with Crippen molar-refractivity contribution < 1.29 is 9.63 Å². The first-order valence-electron chi connectivity index (χ1n) is 6.14. The molecule has 0 amide bonds. The van der Waals surface area contributed by atoms with Gasteiger partial charge in [-0.2, -0.15) is 4.98 Å². The molecule has 16 heavy (non-hydrogen) atoms. The van der Waals surface area contributed by atoms with E-state index in [4.69, 9.17) is 4.52 Å². The lowest BCUT2D eigenvalue weighted by Crippen LogP contribution is -2.33. The van der Waals surface area contributed by atoms with Crippen molar-refractivity contribution in [1.82, 2.24) is 10.1 Å². The van der Waals surface area contributed by atoms with E-state index in [1.807, 2.05) is 13.8 Å². The zero-order valence-corrected chi connectivity index (χ0v) is 10.1. The summed E-state index contributed by atoms with van der Waals surface area (Å²) in [5.74, 6) is 1.58. The van der Waals surface area contributed by atoms with E-state index in [0.29, 0.717) is 12.3 Å². The van der Waals surface area contributed by atoms with E-state index in [-0.39, 0.29) is 5.92 Å². The topological polar surface area (TPSA) is 59.2 Å². The van der Waals surface area contributed by atoms with Crippen LogP contribution in [0.3, 0.4) is 0 Å². The van der Waals surface area contributed by atoms with Crippen molar-refractivity contribution in [3.05, 3.63) is 11.7 Å². The van der Waals surface area contributed by atoms with Crippen LogP contribution in [0.1, 0.15) is 63.6 Å². The summed E-state index contributed by atoms with van der Waals surface area (Å²) in [7, 11) is 0. The third-order valence-electron chi connectivity index (χ3n) is 3.26. The molecule has 1 saturated carbocycles. The van der Waals surface area contributed by atoms with Crippen LogP contribution in [0.4, 0.5) is 0 Å². The highest BCUT2D eigenvalue weighted by atomic mass is 16.5. The largest absolute Gasteiger partial charge is 0.389 e. The van der Waals surface area contributed by atoms with E-state index in [1.54, 1.807) is 0 Å². The fraction of sp³-hybridized carbons (Fsp3) is 0.833. The molecule has 1 fully saturated rings. The molecule has 1 heterocycles. The molecular weight excluding hydrogens is 204 g/mol. The molecule has 1 aliphatic carbocycles. The van der Waals surface area contributed by atoms with Crippen LogP contribution < -0.4 is 0 Å². The summed E-state index contributed by atoms with van der Waals surface area (Å²) in [6, 6.07) is 0. The Morgan fingerprint density at radius 3 is 2.56 bits per heavy atom. The van der Waals surface area contributed by atoms with Crippen LogP contribution in [0, 0.1) is 0 Å². The lowest BCUT2D eigenvalue weighted by Gasteiger charge is -2.30. The fourth-order valence-corrected chi connectivity index (χ4v) is 2.24. The fourth-order valence-electron chi connectivity index (χ4n) is 2.24. The molecule has 0 radical (unpaired) electrons. The molecule has 1 N–H and O–H groups in total. The van der Waals surface area contributed by atoms with Crippen molar-refractivity contribution in [2.45, 2.75) is 63.9 Å². The van der Waals surface area contributed by atoms with Gasteiger partial charge in [-0.1, -0.05) is 38.3 Å². The van der Waals surface area contributed by atoms with Gasteiger partial charge in [0.2, 0.25) is 5.89 Å². The zero-order valence-electron chi connectivity index (χ0n) is 10.1. The maximum absolute atomic E-state index is 10.3. The molecule has 0 spiro atoms. The van der Waals surface area contributed by atoms with Crippen LogP contribution >= 0.6 is 0 Å². The normalized spacial score (nSPS) is 20.2. The average Bonchev–Trinajstić information content (AvgIpc) is 2.66. The van der Waals surface area contributed by atoms with E-state index < -0.39 is 5.60 Å². The third kappa shape index (κ3) is 2.61. The van der Waals surface area contributed by atoms with Gasteiger partial charge >= 0.3 is 0 Å². The minimum absolute atomic E-state index is 0.276. The van der Waals surface area contributed by atoms with Crippen LogP contribution in [-0.2, 0) is 6.42 Å². The highest BCUT2D eigenvalue weighted by molar-refractivity contribution is 4.97. The molecule has 1 aromatic heterocycles. The lowest BCUT2D eigenvalue weighted by molar-refractivity contribution is -0.00181. The van der Waals surface area contributed by atoms with E-state index in [2.05, 4.69) is 10.1 Å². The van der Waals surface area contributed by atoms with Gasteiger partial charge in [0.25, 0.3) is 0 Å². The van der Waals surface area contributed by atoms with Gasteiger partial charge in [-0.25, -0.2) is 0 Å². The van der Waals surface area contributed by atoms with Gasteiger partial charge in [-0.15, -0.1) is 0 Å². The number of aliphatic hydroxyl groups is 1. The SMILES string of the molecule is CC(C)c1noc(CC2(O)CCCCC2)n1. The highest BCUT2D eigenvalue weighted by Crippen LogP contribution is 2.30. The maximum atomic E-state index is 10.3. The summed E-state index contributed by atoms with van der Waals surface area (Å²) < 4.78 is 5.17. The lowest BCUT2D eigenvalue weighted by atomic mass is 9.82. The summed E-state index contributed by atoms with van der Waals surface area (Å²) >= 11 is 0. The molecule has 0 aromatic carbocycles. The summed E-state index contributed by atoms with van der Waals surface area (Å²) in [5, 5.41) is 14.3. The van der Waals surface area contributed by atoms with Crippen molar-refractivity contribution in [3.8, 4) is 0 Å². The Morgan fingerprint density at radius 1 is 1.31 bits per heavy atom. The first-order valence-corrected chi connectivity index (χ1v) is 6.14. The van der Waals surface area contributed by atoms with Gasteiger partial charge in [0.05, 0.1) is 12.0 Å². The number of nitrogens with zero attached hydrogens (tertiary/aromatic N) is 2. The molecule has 1 aliphatic rings. The molecule has 4 nitrogen and oxygen atoms in total. The standard InChI is InChI=1S/C12H20N2O2/c1-9(2)11-13-10(16-14-11)8-12(15)6-4-3-5-7-12/h9,15H,3-8H2,1-2H3. The second-order valence-electron chi connectivity index (χ2n) is 5.16. The Bertz CT molecular complexity index is 341. The van der Waals surface area contributed by atoms with Crippen molar-refractivity contribution in [2.24, 2.45) is 0 Å². The van der Waals surface area contributed by atoms with Gasteiger partial charge < -0.3 is 9.63 Å². The Balaban J connectivity index is 2.02. The molecule has 0 saturated heterocycles. The first kappa shape index (κ1) is 11.6. The van der Waals surface area contributed by atoms with Gasteiger partial charge in [-0.05, 0) is 12.8 Å². The Kier molecular flexibility index (Phi) is 3.28. The molecule has 0 atom stereocenters. The predicted molar refractivity (Wildman–Crippen MR) is 60.1 cm³/mol. The van der Waals surface area contributed by atoms with E-state index in [0.717, 1.165) is 31.5 Å². The number of rotatable bonds is 3. The zero-order chi connectivity index (χ0) is 11.6. The molecule has 90 valence electrons. The predicted octanol–water partition coefficient (Wildman–Crippen LogP) is 2.43. The summed E-state index contributed by atoms with van der Waals surface area (Å²) in [6.45, 7) is 4.06. The summed E-state index contributed by atoms with van der Waals surface area (Å²) in [5.41, 5.74) is -0.612. The number of hydrogen-bond acceptors (Lipinski definition) is 4. The van der Waals surface area contributed by atoms with Gasteiger partial charge in [0.1, 0.15) is 0 Å². The molecule has 4 heteroatoms. The molecule has 1 aromatic rings. The van der Waals surface area contributed by atoms with E-state index in [9.17, 15) is 5.11 Å². The second-order valence-corrected chi connectivity index (χ2v) is 5.16. The van der Waals surface area contributed by atoms with Crippen LogP contribution in [0.5, 0.6) is 0 Å². The minimum atomic E-state index is -0.612. The summed E-state index contributed by atoms with van der Waals surface area (Å²) in [6.07, 6.45) is 5.64. The van der Waals surface area contributed by atoms with E-state index >= 15 is 0 Å². The van der Waals surface area contributed by atoms with Gasteiger partial charge in [0, 0.05) is 5.92 Å². The van der Waals surface area contributed by atoms with Crippen LogP contribution in [0.15, 0.2) is 4.52 Å². The molecule has 2 rings (SSSR count). The number of aromatic nitrogens is 2. The van der Waals surface area contributed by atoms with Crippen molar-refractivity contribution in [3.63, 3.8) is 0 Å². The Labute approximate surface area is 96.1 Å². The Hall–Kier alpha value is -0.900. The van der Waals surface area contributed by atoms with Crippen LogP contribution in [0.25, 0.3) is 0 Å². The Morgan fingerprint density at radius 2 is 2.00 bits per heavy atom. The molecule has 0 unspecified atom stereocenters. The third-order valence-corrected chi connectivity index (χ3v) is 3.26. The monoisotopic (exact) mass is 224 g/mol. The van der Waals surface area contributed by atoms with Crippen molar-refractivity contribution in [1.29, 1.82) is 0 Å². The summed E-state index contributed by atoms with van der Waals surface area (Å²) in [4.78, 5) is 4.31. The minimum Gasteiger partial charge on any atom is -0.389 e. The van der Waals surface area contributed by atoms with Gasteiger partial charge in [0.15, 0.2) is 5.82 Å². The van der Waals surface area contributed by atoms with Gasteiger partial charge in [-0.3, -0.25) is 0 Å². The molecular formula is C12H20N2O2. The highest BCUT2D eigenvalue weighted by Gasteiger charge is 2.31. The smallest absolute Gasteiger partial charge is 0.229 e. The van der Waals surface area contributed by atoms with Crippen LogP contribution in [-0.4, -0.2) is 20.8 Å². The van der Waals surface area contributed by atoms with Crippen molar-refractivity contribution in [2.75, 3.05) is 0 Å². The number of hydrogen-bond donors (Lipinski definition) is 1. The molecule has 0 aliphatic heterocycles. The quantitative estimate of drug-likeness (QED) is 0.856. The van der Waals surface area contributed by atoms with Crippen LogP contribution in [0.2, 0.25) is 0 Å². The first-order chi connectivity index (χ1) is 7.59. The maximum Gasteiger partial charge on any atom is 0.229 e. The second kappa shape index (κ2) is 4.53.